The fourth-order valence-electron chi connectivity index (χ4n) is 2.74. The molecule has 0 saturated heterocycles. The molecule has 0 saturated carbocycles. The molecule has 1 aromatic carbocycles. The first kappa shape index (κ1) is 30.0. The maximum absolute atomic E-state index is 12.1. The van der Waals surface area contributed by atoms with Gasteiger partial charge in [-0.15, -0.1) is 24.0 Å². The molecule has 0 aliphatic carbocycles. The van der Waals surface area contributed by atoms with Crippen LogP contribution in [0.2, 0.25) is 0 Å². The van der Waals surface area contributed by atoms with E-state index in [0.717, 1.165) is 12.1 Å². The van der Waals surface area contributed by atoms with Crippen LogP contribution in [0.5, 0.6) is 0 Å². The van der Waals surface area contributed by atoms with Crippen molar-refractivity contribution in [3.63, 3.8) is 0 Å². The molecule has 1 atom stereocenters. The number of nitrogens with zero attached hydrogens (tertiary/aromatic N) is 3. The van der Waals surface area contributed by atoms with Gasteiger partial charge in [0, 0.05) is 46.3 Å². The molecule has 0 radical (unpaired) electrons. The molecule has 2 amide bonds. The molecule has 0 fully saturated rings. The van der Waals surface area contributed by atoms with Crippen LogP contribution in [0.3, 0.4) is 0 Å². The van der Waals surface area contributed by atoms with Gasteiger partial charge in [0.25, 0.3) is 5.91 Å². The van der Waals surface area contributed by atoms with E-state index < -0.39 is 5.60 Å². The van der Waals surface area contributed by atoms with Crippen LogP contribution in [0, 0.1) is 5.92 Å². The summed E-state index contributed by atoms with van der Waals surface area (Å²) in [5.41, 5.74) is 1.17. The Balaban J connectivity index is 0.00000961. The predicted molar refractivity (Wildman–Crippen MR) is 141 cm³/mol. The van der Waals surface area contributed by atoms with Gasteiger partial charge in [-0.25, -0.2) is 9.79 Å². The average molecular weight is 562 g/mol. The minimum atomic E-state index is -0.504. The van der Waals surface area contributed by atoms with E-state index in [1.54, 1.807) is 30.9 Å². The van der Waals surface area contributed by atoms with E-state index in [9.17, 15) is 9.59 Å². The van der Waals surface area contributed by atoms with Crippen molar-refractivity contribution in [2.75, 3.05) is 40.8 Å². The molecular formula is C23H40IN5O3. The Labute approximate surface area is 210 Å². The lowest BCUT2D eigenvalue weighted by Gasteiger charge is -2.26. The first-order valence-corrected chi connectivity index (χ1v) is 10.7. The van der Waals surface area contributed by atoms with E-state index in [0.29, 0.717) is 31.2 Å². The Morgan fingerprint density at radius 2 is 1.69 bits per heavy atom. The number of amides is 2. The first-order valence-electron chi connectivity index (χ1n) is 10.7. The van der Waals surface area contributed by atoms with Crippen molar-refractivity contribution in [2.24, 2.45) is 10.9 Å². The number of ether oxygens (including phenoxy) is 1. The number of benzene rings is 1. The van der Waals surface area contributed by atoms with Gasteiger partial charge in [-0.1, -0.05) is 19.1 Å². The second-order valence-corrected chi connectivity index (χ2v) is 8.94. The Morgan fingerprint density at radius 3 is 2.19 bits per heavy atom. The largest absolute Gasteiger partial charge is 0.444 e. The molecule has 0 bridgehead atoms. The molecule has 0 aliphatic rings. The molecule has 9 heteroatoms. The van der Waals surface area contributed by atoms with Gasteiger partial charge in [0.15, 0.2) is 5.96 Å². The quantitative estimate of drug-likeness (QED) is 0.288. The normalized spacial score (nSPS) is 12.3. The number of guanidine groups is 1. The summed E-state index contributed by atoms with van der Waals surface area (Å²) in [6.07, 6.45) is -0.323. The van der Waals surface area contributed by atoms with Crippen molar-refractivity contribution in [3.05, 3.63) is 35.4 Å². The molecule has 2 N–H and O–H groups in total. The molecule has 182 valence electrons. The summed E-state index contributed by atoms with van der Waals surface area (Å²) in [5.74, 6) is 0.899. The summed E-state index contributed by atoms with van der Waals surface area (Å²) in [5, 5.41) is 6.56. The van der Waals surface area contributed by atoms with Gasteiger partial charge in [-0.2, -0.15) is 0 Å². The first-order chi connectivity index (χ1) is 14.4. The van der Waals surface area contributed by atoms with Gasteiger partial charge in [-0.3, -0.25) is 4.79 Å². The molecule has 1 aromatic rings. The number of aliphatic imine (C=N–C) groups is 1. The number of carbonyl (C=O) groups is 2. The van der Waals surface area contributed by atoms with E-state index >= 15 is 0 Å². The van der Waals surface area contributed by atoms with Crippen LogP contribution in [0.1, 0.15) is 50.5 Å². The van der Waals surface area contributed by atoms with E-state index in [2.05, 4.69) is 22.5 Å². The van der Waals surface area contributed by atoms with Crippen molar-refractivity contribution in [3.8, 4) is 0 Å². The number of rotatable bonds is 8. The highest BCUT2D eigenvalue weighted by Crippen LogP contribution is 2.10. The topological polar surface area (TPSA) is 86.3 Å². The highest BCUT2D eigenvalue weighted by Gasteiger charge is 2.20. The van der Waals surface area contributed by atoms with Crippen LogP contribution in [-0.4, -0.2) is 74.1 Å². The lowest BCUT2D eigenvalue weighted by Crippen LogP contribution is -2.42. The zero-order chi connectivity index (χ0) is 23.6. The highest BCUT2D eigenvalue weighted by molar-refractivity contribution is 14.0. The molecule has 8 nitrogen and oxygen atoms in total. The van der Waals surface area contributed by atoms with E-state index in [-0.39, 0.29) is 41.9 Å². The smallest absolute Gasteiger partial charge is 0.410 e. The van der Waals surface area contributed by atoms with Crippen LogP contribution in [0.25, 0.3) is 0 Å². The number of carbonyl (C=O) groups excluding carboxylic acids is 2. The summed E-state index contributed by atoms with van der Waals surface area (Å²) >= 11 is 0. The third-order valence-corrected chi connectivity index (χ3v) is 4.28. The Morgan fingerprint density at radius 1 is 1.09 bits per heavy atom. The van der Waals surface area contributed by atoms with Gasteiger partial charge < -0.3 is 25.2 Å². The molecule has 0 aromatic heterocycles. The van der Waals surface area contributed by atoms with Gasteiger partial charge in [0.1, 0.15) is 5.60 Å². The van der Waals surface area contributed by atoms with Crippen LogP contribution in [-0.2, 0) is 11.3 Å². The third-order valence-electron chi connectivity index (χ3n) is 4.28. The van der Waals surface area contributed by atoms with Gasteiger partial charge in [0.05, 0.1) is 6.54 Å². The molecule has 0 heterocycles. The van der Waals surface area contributed by atoms with E-state index in [1.807, 2.05) is 52.0 Å². The predicted octanol–water partition coefficient (Wildman–Crippen LogP) is 3.56. The summed E-state index contributed by atoms with van der Waals surface area (Å²) in [6.45, 7) is 12.1. The van der Waals surface area contributed by atoms with Crippen molar-refractivity contribution in [2.45, 2.75) is 46.8 Å². The van der Waals surface area contributed by atoms with Gasteiger partial charge in [0.2, 0.25) is 0 Å². The lowest BCUT2D eigenvalue weighted by molar-refractivity contribution is 0.0277. The van der Waals surface area contributed by atoms with Crippen LogP contribution in [0.4, 0.5) is 4.79 Å². The van der Waals surface area contributed by atoms with Gasteiger partial charge >= 0.3 is 6.09 Å². The number of nitrogens with one attached hydrogen (secondary N) is 2. The van der Waals surface area contributed by atoms with Gasteiger partial charge in [-0.05, 0) is 51.3 Å². The standard InChI is InChI=1S/C23H39N5O3.HI/c1-9-24-21(25-14-17(2)16-28(8)22(30)31-23(3,4)5)26-15-18-10-12-19(13-11-18)20(29)27(6)7;/h10-13,17H,9,14-16H2,1-8H3,(H2,24,25,26);1H. The molecule has 32 heavy (non-hydrogen) atoms. The maximum atomic E-state index is 12.1. The Hall–Kier alpha value is -2.04. The fourth-order valence-corrected chi connectivity index (χ4v) is 2.74. The molecular weight excluding hydrogens is 521 g/mol. The second kappa shape index (κ2) is 14.2. The zero-order valence-electron chi connectivity index (χ0n) is 20.7. The summed E-state index contributed by atoms with van der Waals surface area (Å²) in [6, 6.07) is 7.48. The molecule has 0 aliphatic heterocycles. The Bertz CT molecular complexity index is 745. The minimum absolute atomic E-state index is 0. The zero-order valence-corrected chi connectivity index (χ0v) is 23.0. The average Bonchev–Trinajstić information content (AvgIpc) is 2.68. The Kier molecular flexibility index (Phi) is 13.3. The second-order valence-electron chi connectivity index (χ2n) is 8.94. The summed E-state index contributed by atoms with van der Waals surface area (Å²) in [7, 11) is 5.22. The molecule has 0 spiro atoms. The number of halogens is 1. The summed E-state index contributed by atoms with van der Waals surface area (Å²) in [4.78, 5) is 31.9. The van der Waals surface area contributed by atoms with Crippen molar-refractivity contribution >= 4 is 41.9 Å². The highest BCUT2D eigenvalue weighted by atomic mass is 127. The SMILES string of the molecule is CCNC(=NCc1ccc(C(=O)N(C)C)cc1)NCC(C)CN(C)C(=O)OC(C)(C)C.I. The van der Waals surface area contributed by atoms with Crippen molar-refractivity contribution < 1.29 is 14.3 Å². The molecule has 1 rings (SSSR count). The van der Waals surface area contributed by atoms with Crippen LogP contribution >= 0.6 is 24.0 Å². The van der Waals surface area contributed by atoms with E-state index in [1.165, 1.54) is 0 Å². The molecule has 1 unspecified atom stereocenters. The van der Waals surface area contributed by atoms with Crippen molar-refractivity contribution in [1.82, 2.24) is 20.4 Å². The monoisotopic (exact) mass is 561 g/mol. The number of hydrogen-bond acceptors (Lipinski definition) is 4. The maximum Gasteiger partial charge on any atom is 0.410 e. The van der Waals surface area contributed by atoms with Crippen molar-refractivity contribution in [1.29, 1.82) is 0 Å². The number of hydrogen-bond donors (Lipinski definition) is 2. The fraction of sp³-hybridized carbons (Fsp3) is 0.609. The third kappa shape index (κ3) is 11.5. The summed E-state index contributed by atoms with van der Waals surface area (Å²) < 4.78 is 5.40. The van der Waals surface area contributed by atoms with Crippen LogP contribution < -0.4 is 10.6 Å². The lowest BCUT2D eigenvalue weighted by atomic mass is 10.1. The minimum Gasteiger partial charge on any atom is -0.444 e. The van der Waals surface area contributed by atoms with E-state index in [4.69, 9.17) is 4.74 Å². The van der Waals surface area contributed by atoms with Crippen LogP contribution in [0.15, 0.2) is 29.3 Å².